The first-order valence-corrected chi connectivity index (χ1v) is 14.2. The summed E-state index contributed by atoms with van der Waals surface area (Å²) in [6.45, 7) is 1.43. The lowest BCUT2D eigenvalue weighted by Crippen LogP contribution is -2.33. The first-order chi connectivity index (χ1) is 19.1. The number of aromatic nitrogens is 7. The molecule has 0 spiro atoms. The lowest BCUT2D eigenvalue weighted by Gasteiger charge is -2.28. The number of nitrogens with one attached hydrogen (secondary N) is 1. The van der Waals surface area contributed by atoms with Gasteiger partial charge in [0.05, 0.1) is 19.2 Å². The van der Waals surface area contributed by atoms with Crippen LogP contribution in [0.15, 0.2) is 18.7 Å². The van der Waals surface area contributed by atoms with E-state index in [1.807, 2.05) is 0 Å². The summed E-state index contributed by atoms with van der Waals surface area (Å²) < 4.78 is 74.0. The Hall–Kier alpha value is -3.24. The highest BCUT2D eigenvalue weighted by molar-refractivity contribution is 7.93. The van der Waals surface area contributed by atoms with Gasteiger partial charge in [0.15, 0.2) is 11.5 Å². The van der Waals surface area contributed by atoms with Gasteiger partial charge in [0, 0.05) is 31.3 Å². The topological polar surface area (TPSA) is 156 Å². The van der Waals surface area contributed by atoms with Crippen LogP contribution in [-0.4, -0.2) is 76.1 Å². The van der Waals surface area contributed by atoms with Crippen molar-refractivity contribution in [2.45, 2.75) is 56.3 Å². The molecule has 2 unspecified atom stereocenters. The van der Waals surface area contributed by atoms with Crippen molar-refractivity contribution in [3.8, 4) is 17.4 Å². The molecule has 2 atom stereocenters. The first-order valence-electron chi connectivity index (χ1n) is 12.3. The Balaban J connectivity index is 1.76. The van der Waals surface area contributed by atoms with Crippen LogP contribution in [0.4, 0.5) is 14.7 Å². The molecule has 1 N–H and O–H groups in total. The number of nitrogens with zero attached hydrogens (tertiary/aromatic N) is 7. The van der Waals surface area contributed by atoms with Gasteiger partial charge in [-0.1, -0.05) is 11.6 Å². The van der Waals surface area contributed by atoms with E-state index in [4.69, 9.17) is 25.8 Å². The van der Waals surface area contributed by atoms with Gasteiger partial charge in [-0.2, -0.15) is 9.97 Å². The number of hydrogen-bond donors (Lipinski definition) is 1. The smallest absolute Gasteiger partial charge is 0.245 e. The van der Waals surface area contributed by atoms with E-state index in [0.717, 1.165) is 0 Å². The average Bonchev–Trinajstić information content (AvgIpc) is 3.35. The number of anilines is 1. The third-order valence-corrected chi connectivity index (χ3v) is 8.73. The maximum Gasteiger partial charge on any atom is 0.245 e. The minimum absolute atomic E-state index is 0.0620. The van der Waals surface area contributed by atoms with Crippen molar-refractivity contribution in [1.29, 1.82) is 0 Å². The zero-order valence-electron chi connectivity index (χ0n) is 22.2. The van der Waals surface area contributed by atoms with E-state index in [9.17, 15) is 17.2 Å². The molecule has 4 rings (SSSR count). The molecule has 0 aliphatic heterocycles. The highest BCUT2D eigenvalue weighted by Crippen LogP contribution is 2.41. The molecule has 3 heterocycles. The zero-order chi connectivity index (χ0) is 29.0. The second-order valence-electron chi connectivity index (χ2n) is 9.17. The summed E-state index contributed by atoms with van der Waals surface area (Å²) in [5, 5.41) is 7.48. The number of methoxy groups -OCH3 is 3. The molecule has 0 saturated heterocycles. The van der Waals surface area contributed by atoms with Crippen LogP contribution in [0, 0.1) is 5.92 Å². The molecule has 3 aromatic heterocycles. The molecule has 1 aliphatic rings. The summed E-state index contributed by atoms with van der Waals surface area (Å²) in [5.74, 6) is -0.648. The second kappa shape index (κ2) is 12.5. The summed E-state index contributed by atoms with van der Waals surface area (Å²) in [7, 11) is -0.129. The molecule has 0 radical (unpaired) electrons. The quantitative estimate of drug-likeness (QED) is 0.342. The fourth-order valence-electron chi connectivity index (χ4n) is 4.67. The zero-order valence-corrected chi connectivity index (χ0v) is 23.7. The van der Waals surface area contributed by atoms with Gasteiger partial charge in [-0.3, -0.25) is 9.29 Å². The Kier molecular flexibility index (Phi) is 9.30. The Morgan fingerprint density at radius 1 is 1.00 bits per heavy atom. The van der Waals surface area contributed by atoms with E-state index in [2.05, 4.69) is 34.9 Å². The van der Waals surface area contributed by atoms with Crippen LogP contribution in [-0.2, 0) is 14.8 Å². The van der Waals surface area contributed by atoms with Crippen LogP contribution >= 0.6 is 11.6 Å². The number of rotatable bonds is 11. The average molecular weight is 603 g/mol. The van der Waals surface area contributed by atoms with Crippen molar-refractivity contribution < 1.29 is 31.4 Å². The molecule has 0 bridgehead atoms. The third kappa shape index (κ3) is 6.07. The molecule has 1 saturated carbocycles. The fraction of sp³-hybridized carbons (Fsp3) is 0.565. The number of ether oxygens (including phenoxy) is 3. The third-order valence-electron chi connectivity index (χ3n) is 6.84. The number of hydrogen-bond acceptors (Lipinski definition) is 11. The largest absolute Gasteiger partial charge is 0.479 e. The molecule has 13 nitrogen and oxygen atoms in total. The van der Waals surface area contributed by atoms with Crippen LogP contribution < -0.4 is 14.2 Å². The van der Waals surface area contributed by atoms with Gasteiger partial charge in [0.2, 0.25) is 34.2 Å². The van der Waals surface area contributed by atoms with Crippen LogP contribution in [0.2, 0.25) is 5.02 Å². The van der Waals surface area contributed by atoms with E-state index < -0.39 is 33.7 Å². The van der Waals surface area contributed by atoms with Gasteiger partial charge in [-0.05, 0) is 32.6 Å². The summed E-state index contributed by atoms with van der Waals surface area (Å²) in [4.78, 5) is 16.4. The molecule has 1 fully saturated rings. The molecule has 17 heteroatoms. The van der Waals surface area contributed by atoms with Gasteiger partial charge in [0.1, 0.15) is 23.5 Å². The van der Waals surface area contributed by atoms with E-state index in [1.54, 1.807) is 0 Å². The minimum Gasteiger partial charge on any atom is -0.479 e. The molecule has 0 aromatic carbocycles. The Morgan fingerprint density at radius 2 is 1.60 bits per heavy atom. The van der Waals surface area contributed by atoms with E-state index >= 15 is 0 Å². The Morgan fingerprint density at radius 3 is 2.12 bits per heavy atom. The lowest BCUT2D eigenvalue weighted by atomic mass is 9.81. The van der Waals surface area contributed by atoms with Gasteiger partial charge >= 0.3 is 0 Å². The highest BCUT2D eigenvalue weighted by atomic mass is 35.5. The molecular formula is C23H29ClF2N8O5S. The second-order valence-corrected chi connectivity index (χ2v) is 11.6. The van der Waals surface area contributed by atoms with Crippen molar-refractivity contribution in [3.63, 3.8) is 0 Å². The van der Waals surface area contributed by atoms with Gasteiger partial charge < -0.3 is 14.2 Å². The van der Waals surface area contributed by atoms with Crippen molar-refractivity contribution in [2.75, 3.05) is 26.1 Å². The van der Waals surface area contributed by atoms with E-state index in [1.165, 1.54) is 51.5 Å². The number of halogens is 3. The maximum atomic E-state index is 13.6. The molecule has 1 aliphatic carbocycles. The molecule has 3 aromatic rings. The standard InChI is InChI=1S/C23H29ClF2N8O5S/c1-12(17(37-2)19-27-9-15(24)10-28-19)40(35,36)33-23-32-31-20(14-7-5-13(6-8-14)18(25)26)34(23)16-21(38-3)29-11-30-22(16)39-4/h9-14,17-18H,5-8H2,1-4H3,(H,32,33)/t12?,13-,14+,17?. The van der Waals surface area contributed by atoms with Gasteiger partial charge in [-0.25, -0.2) is 27.2 Å². The molecule has 218 valence electrons. The van der Waals surface area contributed by atoms with Crippen molar-refractivity contribution in [1.82, 2.24) is 34.7 Å². The van der Waals surface area contributed by atoms with Crippen molar-refractivity contribution >= 4 is 27.6 Å². The highest BCUT2D eigenvalue weighted by Gasteiger charge is 2.37. The molecular weight excluding hydrogens is 574 g/mol. The SMILES string of the molecule is COc1ncnc(OC)c1-n1c(NS(=O)(=O)C(C)C(OC)c2ncc(Cl)cn2)nnc1[C@H]1CC[C@@H](C(F)F)CC1. The normalized spacial score (nSPS) is 19.3. The monoisotopic (exact) mass is 602 g/mol. The minimum atomic E-state index is -4.22. The van der Waals surface area contributed by atoms with Crippen LogP contribution in [0.5, 0.6) is 11.8 Å². The predicted octanol–water partition coefficient (Wildman–Crippen LogP) is 3.57. The first kappa shape index (κ1) is 29.7. The molecule has 0 amide bonds. The predicted molar refractivity (Wildman–Crippen MR) is 140 cm³/mol. The van der Waals surface area contributed by atoms with Crippen molar-refractivity contribution in [2.24, 2.45) is 5.92 Å². The van der Waals surface area contributed by atoms with E-state index in [0.29, 0.717) is 18.7 Å². The van der Waals surface area contributed by atoms with Crippen LogP contribution in [0.3, 0.4) is 0 Å². The van der Waals surface area contributed by atoms with Gasteiger partial charge in [0.25, 0.3) is 0 Å². The van der Waals surface area contributed by atoms with Crippen LogP contribution in [0.1, 0.15) is 56.3 Å². The fourth-order valence-corrected chi connectivity index (χ4v) is 5.90. The maximum absolute atomic E-state index is 13.6. The summed E-state index contributed by atoms with van der Waals surface area (Å²) >= 11 is 5.87. The van der Waals surface area contributed by atoms with Gasteiger partial charge in [-0.15, -0.1) is 10.2 Å². The van der Waals surface area contributed by atoms with Crippen molar-refractivity contribution in [3.05, 3.63) is 35.4 Å². The van der Waals surface area contributed by atoms with Crippen LogP contribution in [0.25, 0.3) is 5.69 Å². The summed E-state index contributed by atoms with van der Waals surface area (Å²) in [6.07, 6.45) is 1.78. The van der Waals surface area contributed by atoms with E-state index in [-0.39, 0.29) is 53.0 Å². The summed E-state index contributed by atoms with van der Waals surface area (Å²) in [6, 6.07) is 0. The summed E-state index contributed by atoms with van der Waals surface area (Å²) in [5.41, 5.74) is 0.151. The Bertz CT molecular complexity index is 1380. The Labute approximate surface area is 234 Å². The number of sulfonamides is 1. The lowest BCUT2D eigenvalue weighted by molar-refractivity contribution is 0.0522. The molecule has 40 heavy (non-hydrogen) atoms. The number of alkyl halides is 2.